The Bertz CT molecular complexity index is 2070. The van der Waals surface area contributed by atoms with Gasteiger partial charge in [-0.1, -0.05) is 36.4 Å². The quantitative estimate of drug-likeness (QED) is 0.109. The highest BCUT2D eigenvalue weighted by molar-refractivity contribution is 6.01. The number of rotatable bonds is 11. The molecule has 6 rings (SSSR count). The second kappa shape index (κ2) is 18.3. The zero-order chi connectivity index (χ0) is 46.7. The van der Waals surface area contributed by atoms with Gasteiger partial charge in [0.1, 0.15) is 30.0 Å². The maximum atomic E-state index is 14.1. The molecular weight excluding hydrogens is 834 g/mol. The van der Waals surface area contributed by atoms with Gasteiger partial charge in [-0.2, -0.15) is 0 Å². The van der Waals surface area contributed by atoms with Gasteiger partial charge in [0.05, 0.1) is 29.8 Å². The van der Waals surface area contributed by atoms with E-state index in [-0.39, 0.29) is 11.1 Å². The third kappa shape index (κ3) is 10.4. The number of ether oxygens (including phenoxy) is 9. The summed E-state index contributed by atoms with van der Waals surface area (Å²) in [5, 5.41) is 27.4. The van der Waals surface area contributed by atoms with E-state index in [4.69, 9.17) is 47.6 Å². The van der Waals surface area contributed by atoms with Gasteiger partial charge in [0.15, 0.2) is 11.6 Å². The molecule has 21 nitrogen and oxygen atoms in total. The molecule has 4 N–H and O–H groups in total. The number of aliphatic hydroxyl groups excluding tert-OH is 2. The van der Waals surface area contributed by atoms with Crippen LogP contribution in [-0.2, 0) is 57.0 Å². The molecule has 9 atom stereocenters. The summed E-state index contributed by atoms with van der Waals surface area (Å²) < 4.78 is 53.2. The molecule has 4 bridgehead atoms. The Morgan fingerprint density at radius 3 is 1.67 bits per heavy atom. The molecule has 1 aliphatic carbocycles. The highest BCUT2D eigenvalue weighted by atomic mass is 16.9. The second-order valence-corrected chi connectivity index (χ2v) is 16.8. The first-order valence-corrected chi connectivity index (χ1v) is 19.7. The Morgan fingerprint density at radius 1 is 0.714 bits per heavy atom. The summed E-state index contributed by atoms with van der Waals surface area (Å²) in [7, 11) is 0. The summed E-state index contributed by atoms with van der Waals surface area (Å²) in [6.45, 7) is 9.88. The van der Waals surface area contributed by atoms with Crippen LogP contribution in [0.15, 0.2) is 65.7 Å². The van der Waals surface area contributed by atoms with E-state index in [1.807, 2.05) is 0 Å². The number of nitrogens with one attached hydrogen (secondary N) is 2. The lowest BCUT2D eigenvalue weighted by atomic mass is 9.54. The van der Waals surface area contributed by atoms with E-state index < -0.39 is 126 Å². The molecule has 2 aromatic carbocycles. The fourth-order valence-corrected chi connectivity index (χ4v) is 7.69. The molecule has 21 heteroatoms. The van der Waals surface area contributed by atoms with Crippen molar-refractivity contribution in [3.8, 4) is 0 Å². The van der Waals surface area contributed by atoms with Gasteiger partial charge < -0.3 is 52.8 Å². The lowest BCUT2D eigenvalue weighted by Gasteiger charge is -2.70. The first-order chi connectivity index (χ1) is 29.4. The Balaban J connectivity index is 1.88. The molecule has 4 aliphatic rings. The van der Waals surface area contributed by atoms with Crippen LogP contribution in [0.3, 0.4) is 0 Å². The van der Waals surface area contributed by atoms with E-state index in [1.54, 1.807) is 24.3 Å². The van der Waals surface area contributed by atoms with Crippen LogP contribution in [0.5, 0.6) is 0 Å². The van der Waals surface area contributed by atoms with E-state index in [0.29, 0.717) is 0 Å². The third-order valence-electron chi connectivity index (χ3n) is 9.62. The second-order valence-electron chi connectivity index (χ2n) is 16.8. The van der Waals surface area contributed by atoms with Crippen molar-refractivity contribution >= 4 is 48.0 Å². The van der Waals surface area contributed by atoms with E-state index in [0.717, 1.165) is 20.8 Å². The van der Waals surface area contributed by atoms with Crippen LogP contribution in [-0.4, -0.2) is 130 Å². The number of benzene rings is 2. The smallest absolute Gasteiger partial charge is 0.414 e. The standard InChI is InChI=1S/C42H51N3O18/c1-22(47)56-31-30-40(58-24(3)49,21-55-32(51)25-16-12-10-13-17-25)29-28(27(50)20-46)41(31,45-35(43-36(53)62-38(4,5)6)44-37(54)63-39(7,8)9)34(57-23(2)48)42(59-29,60-30)61-33(52)26-18-14-11-15-19-26/h10-19,27-31,34,46,50H,20-21H2,1-9H3,(H2,43,44,45,53,54)/t27-,28+,29-,30+,31-,34+,40+,41-,42+/m1/s1. The van der Waals surface area contributed by atoms with Crippen LogP contribution in [0.4, 0.5) is 9.59 Å². The number of nitrogens with zero attached hydrogens (tertiary/aromatic N) is 1. The number of hydrogen-bond acceptors (Lipinski definition) is 19. The fraction of sp³-hybridized carbons (Fsp3) is 0.524. The molecule has 2 aromatic rings. The molecule has 2 amide bonds. The van der Waals surface area contributed by atoms with Crippen molar-refractivity contribution in [1.82, 2.24) is 10.6 Å². The molecule has 3 heterocycles. The molecule has 63 heavy (non-hydrogen) atoms. The van der Waals surface area contributed by atoms with Crippen molar-refractivity contribution in [3.05, 3.63) is 71.8 Å². The number of carbonyl (C=O) groups excluding carboxylic acids is 7. The van der Waals surface area contributed by atoms with Crippen molar-refractivity contribution in [2.24, 2.45) is 10.9 Å². The van der Waals surface area contributed by atoms with E-state index in [9.17, 15) is 43.8 Å². The Labute approximate surface area is 361 Å². The number of aliphatic hydroxyl groups is 2. The van der Waals surface area contributed by atoms with Gasteiger partial charge in [-0.3, -0.25) is 25.0 Å². The van der Waals surface area contributed by atoms with Gasteiger partial charge in [-0.05, 0) is 65.8 Å². The van der Waals surface area contributed by atoms with Gasteiger partial charge in [0.2, 0.25) is 17.7 Å². The van der Waals surface area contributed by atoms with Gasteiger partial charge in [0.25, 0.3) is 0 Å². The third-order valence-corrected chi connectivity index (χ3v) is 9.62. The number of alkyl carbamates (subject to hydrolysis) is 2. The minimum atomic E-state index is -3.00. The van der Waals surface area contributed by atoms with Crippen LogP contribution >= 0.6 is 0 Å². The summed E-state index contributed by atoms with van der Waals surface area (Å²) in [4.78, 5) is 99.0. The number of guanidine groups is 1. The Morgan fingerprint density at radius 2 is 1.21 bits per heavy atom. The van der Waals surface area contributed by atoms with Crippen LogP contribution in [0, 0.1) is 5.92 Å². The average molecular weight is 886 g/mol. The normalized spacial score (nSPS) is 27.4. The number of hydrogen-bond donors (Lipinski definition) is 4. The predicted octanol–water partition coefficient (Wildman–Crippen LogP) is 2.44. The summed E-state index contributed by atoms with van der Waals surface area (Å²) in [6, 6.07) is 14.9. The maximum Gasteiger partial charge on any atom is 0.414 e. The molecule has 3 aliphatic heterocycles. The fourth-order valence-electron chi connectivity index (χ4n) is 7.69. The minimum absolute atomic E-state index is 0.0416. The Kier molecular flexibility index (Phi) is 13.9. The molecule has 4 fully saturated rings. The summed E-state index contributed by atoms with van der Waals surface area (Å²) in [5.74, 6) is -11.3. The van der Waals surface area contributed by atoms with Gasteiger partial charge >= 0.3 is 48.0 Å². The first kappa shape index (κ1) is 47.9. The molecule has 0 radical (unpaired) electrons. The molecule has 0 spiro atoms. The monoisotopic (exact) mass is 885 g/mol. The van der Waals surface area contributed by atoms with Crippen molar-refractivity contribution in [3.63, 3.8) is 0 Å². The van der Waals surface area contributed by atoms with Crippen LogP contribution in [0.1, 0.15) is 83.0 Å². The zero-order valence-corrected chi connectivity index (χ0v) is 36.0. The first-order valence-electron chi connectivity index (χ1n) is 19.7. The lowest BCUT2D eigenvalue weighted by Crippen LogP contribution is -2.93. The number of aliphatic imine (C=N–C) groups is 1. The van der Waals surface area contributed by atoms with Crippen molar-refractivity contribution in [2.75, 3.05) is 13.2 Å². The highest BCUT2D eigenvalue weighted by Gasteiger charge is 2.88. The predicted molar refractivity (Wildman–Crippen MR) is 212 cm³/mol. The summed E-state index contributed by atoms with van der Waals surface area (Å²) in [5.41, 5.74) is -7.57. The topological polar surface area (TPSA) is 279 Å². The largest absolute Gasteiger partial charge is 0.458 e. The minimum Gasteiger partial charge on any atom is -0.458 e. The summed E-state index contributed by atoms with van der Waals surface area (Å²) in [6.07, 6.45) is -13.0. The Hall–Kier alpha value is -6.16. The van der Waals surface area contributed by atoms with Crippen molar-refractivity contribution in [1.29, 1.82) is 0 Å². The zero-order valence-electron chi connectivity index (χ0n) is 36.0. The molecular formula is C42H51N3O18. The number of carbonyl (C=O) groups is 7. The molecule has 1 saturated carbocycles. The van der Waals surface area contributed by atoms with Crippen LogP contribution < -0.4 is 10.6 Å². The lowest BCUT2D eigenvalue weighted by molar-refractivity contribution is -0.540. The molecule has 0 aromatic heterocycles. The van der Waals surface area contributed by atoms with E-state index in [1.165, 1.54) is 77.9 Å². The van der Waals surface area contributed by atoms with Crippen LogP contribution in [0.25, 0.3) is 0 Å². The van der Waals surface area contributed by atoms with Gasteiger partial charge in [-0.15, -0.1) is 0 Å². The summed E-state index contributed by atoms with van der Waals surface area (Å²) >= 11 is 0. The van der Waals surface area contributed by atoms with E-state index >= 15 is 0 Å². The van der Waals surface area contributed by atoms with Gasteiger partial charge in [0, 0.05) is 20.8 Å². The number of esters is 5. The average Bonchev–Trinajstić information content (AvgIpc) is 3.16. The van der Waals surface area contributed by atoms with Crippen LogP contribution in [0.2, 0.25) is 0 Å². The highest BCUT2D eigenvalue weighted by Crippen LogP contribution is 2.63. The maximum absolute atomic E-state index is 14.1. The molecule has 0 unspecified atom stereocenters. The van der Waals surface area contributed by atoms with Crippen molar-refractivity contribution < 1.29 is 86.4 Å². The molecule has 3 saturated heterocycles. The number of amides is 2. The van der Waals surface area contributed by atoms with E-state index in [2.05, 4.69) is 10.6 Å². The van der Waals surface area contributed by atoms with Crippen molar-refractivity contribution in [2.45, 2.75) is 121 Å². The molecule has 342 valence electrons. The SMILES string of the molecule is CC(=O)O[C@@H]1[C@@H]2O[C@@]3(OC(=O)c4ccccc4)O[C@H]([C@H]([C@H](O)CO)[C@]1(N=C(NC(=O)OC(C)(C)C)NC(=O)OC(C)(C)C)[C@@H]3OC(C)=O)[C@]2(COC(=O)c1ccccc1)OC(C)=O. The van der Waals surface area contributed by atoms with Gasteiger partial charge in [-0.25, -0.2) is 24.2 Å².